The van der Waals surface area contributed by atoms with Gasteiger partial charge in [0.05, 0.1) is 33.7 Å². The van der Waals surface area contributed by atoms with E-state index in [2.05, 4.69) is 5.32 Å². The second kappa shape index (κ2) is 9.05. The smallest absolute Gasteiger partial charge is 0.267 e. The summed E-state index contributed by atoms with van der Waals surface area (Å²) in [6.45, 7) is -0.271. The Morgan fingerprint density at radius 2 is 1.91 bits per heavy atom. The molecule has 8 nitrogen and oxygen atoms in total. The molecule has 2 aromatic rings. The highest BCUT2D eigenvalue weighted by Gasteiger charge is 2.46. The van der Waals surface area contributed by atoms with Crippen molar-refractivity contribution in [3.8, 4) is 0 Å². The number of para-hydroxylation sites is 1. The van der Waals surface area contributed by atoms with Crippen molar-refractivity contribution in [2.24, 2.45) is 0 Å². The molecule has 3 heterocycles. The van der Waals surface area contributed by atoms with Crippen LogP contribution in [0.15, 0.2) is 53.4 Å². The van der Waals surface area contributed by atoms with Crippen LogP contribution in [-0.4, -0.2) is 59.5 Å². The number of carbonyl (C=O) groups excluding carboxylic acids is 3. The first-order valence-electron chi connectivity index (χ1n) is 10.6. The van der Waals surface area contributed by atoms with E-state index in [4.69, 9.17) is 23.8 Å². The van der Waals surface area contributed by atoms with Crippen LogP contribution in [0.25, 0.3) is 5.57 Å². The van der Waals surface area contributed by atoms with Crippen molar-refractivity contribution in [1.82, 2.24) is 4.90 Å². The predicted octanol–water partition coefficient (Wildman–Crippen LogP) is 3.08. The van der Waals surface area contributed by atoms with Crippen LogP contribution in [0.1, 0.15) is 12.0 Å². The average molecular weight is 548 g/mol. The number of nitrogens with one attached hydrogen (secondary N) is 1. The van der Waals surface area contributed by atoms with Gasteiger partial charge in [-0.05, 0) is 30.7 Å². The summed E-state index contributed by atoms with van der Waals surface area (Å²) in [6.07, 6.45) is 0.303. The molecule has 1 N–H and O–H groups in total. The van der Waals surface area contributed by atoms with Crippen molar-refractivity contribution >= 4 is 84.4 Å². The molecule has 1 atom stereocenters. The van der Waals surface area contributed by atoms with Crippen LogP contribution in [0.2, 0.25) is 5.02 Å². The van der Waals surface area contributed by atoms with Gasteiger partial charge < -0.3 is 5.32 Å². The quantitative estimate of drug-likeness (QED) is 0.463. The summed E-state index contributed by atoms with van der Waals surface area (Å²) in [5.41, 5.74) is 1.68. The first-order chi connectivity index (χ1) is 16.6. The van der Waals surface area contributed by atoms with Crippen molar-refractivity contribution in [2.75, 3.05) is 28.3 Å². The number of fused-ring (bicyclic) bond motifs is 1. The third kappa shape index (κ3) is 4.49. The fourth-order valence-electron chi connectivity index (χ4n) is 4.39. The maximum atomic E-state index is 13.5. The minimum atomic E-state index is -3.23. The van der Waals surface area contributed by atoms with Gasteiger partial charge in [0.2, 0.25) is 5.91 Å². The number of carbonyl (C=O) groups is 3. The predicted molar refractivity (Wildman–Crippen MR) is 140 cm³/mol. The number of hydrogen-bond acceptors (Lipinski definition) is 7. The zero-order valence-electron chi connectivity index (χ0n) is 18.1. The third-order valence-corrected chi connectivity index (χ3v) is 9.32. The fourth-order valence-corrected chi connectivity index (χ4v) is 7.75. The first-order valence-corrected chi connectivity index (χ1v) is 14.0. The lowest BCUT2D eigenvalue weighted by Crippen LogP contribution is -2.39. The van der Waals surface area contributed by atoms with Crippen LogP contribution in [0.4, 0.5) is 11.4 Å². The summed E-state index contributed by atoms with van der Waals surface area (Å²) in [7, 11) is -3.23. The van der Waals surface area contributed by atoms with Crippen molar-refractivity contribution in [3.63, 3.8) is 0 Å². The van der Waals surface area contributed by atoms with E-state index in [1.807, 2.05) is 0 Å². The SMILES string of the molecule is O=C(CN1C(=O)/C(=C2/SC(=S)N(C3CCS(=O)(=O)C3)C2=O)c2ccccc21)Nc1cccc(Cl)c1. The third-order valence-electron chi connectivity index (χ3n) is 5.93. The first kappa shape index (κ1) is 24.0. The van der Waals surface area contributed by atoms with E-state index in [9.17, 15) is 22.8 Å². The number of thioether (sulfide) groups is 1. The molecule has 0 aromatic heterocycles. The summed E-state index contributed by atoms with van der Waals surface area (Å²) >= 11 is 12.4. The van der Waals surface area contributed by atoms with Gasteiger partial charge in [0.1, 0.15) is 10.9 Å². The van der Waals surface area contributed by atoms with E-state index < -0.39 is 33.6 Å². The Kier molecular flexibility index (Phi) is 6.20. The summed E-state index contributed by atoms with van der Waals surface area (Å²) < 4.78 is 24.1. The maximum absolute atomic E-state index is 13.5. The molecule has 0 aliphatic carbocycles. The van der Waals surface area contributed by atoms with Crippen molar-refractivity contribution in [2.45, 2.75) is 12.5 Å². The molecule has 3 aliphatic rings. The van der Waals surface area contributed by atoms with Gasteiger partial charge in [-0.25, -0.2) is 8.42 Å². The highest BCUT2D eigenvalue weighted by atomic mass is 35.5. The van der Waals surface area contributed by atoms with Gasteiger partial charge in [0.15, 0.2) is 9.84 Å². The molecule has 180 valence electrons. The molecule has 2 aromatic carbocycles. The van der Waals surface area contributed by atoms with E-state index in [-0.39, 0.29) is 32.8 Å². The Bertz CT molecular complexity index is 1440. The zero-order valence-corrected chi connectivity index (χ0v) is 21.3. The number of halogens is 1. The molecule has 2 fully saturated rings. The molecule has 3 amide bonds. The molecule has 3 aliphatic heterocycles. The van der Waals surface area contributed by atoms with Crippen LogP contribution in [0, 0.1) is 0 Å². The Hall–Kier alpha value is -2.73. The number of thiocarbonyl (C=S) groups is 1. The van der Waals surface area contributed by atoms with Gasteiger partial charge in [0.25, 0.3) is 11.8 Å². The number of sulfone groups is 1. The number of anilines is 2. The highest BCUT2D eigenvalue weighted by Crippen LogP contribution is 2.45. The van der Waals surface area contributed by atoms with Gasteiger partial charge in [-0.15, -0.1) is 0 Å². The number of benzene rings is 2. The number of rotatable bonds is 4. The van der Waals surface area contributed by atoms with Crippen molar-refractivity contribution in [3.05, 3.63) is 64.0 Å². The van der Waals surface area contributed by atoms with Crippen LogP contribution in [0.5, 0.6) is 0 Å². The molecule has 2 saturated heterocycles. The summed E-state index contributed by atoms with van der Waals surface area (Å²) in [4.78, 5) is 42.4. The minimum absolute atomic E-state index is 0.00207. The summed E-state index contributed by atoms with van der Waals surface area (Å²) in [6, 6.07) is 13.0. The van der Waals surface area contributed by atoms with Gasteiger partial charge in [0, 0.05) is 16.3 Å². The zero-order chi connectivity index (χ0) is 24.9. The Morgan fingerprint density at radius 1 is 1.14 bits per heavy atom. The Morgan fingerprint density at radius 3 is 2.63 bits per heavy atom. The van der Waals surface area contributed by atoms with Crippen LogP contribution < -0.4 is 10.2 Å². The molecule has 0 bridgehead atoms. The van der Waals surface area contributed by atoms with Gasteiger partial charge in [-0.3, -0.25) is 24.2 Å². The molecule has 0 spiro atoms. The fraction of sp³-hybridized carbons (Fsp3) is 0.217. The van der Waals surface area contributed by atoms with Crippen molar-refractivity contribution < 1.29 is 22.8 Å². The molecule has 5 rings (SSSR count). The largest absolute Gasteiger partial charge is 0.324 e. The Labute approximate surface area is 216 Å². The van der Waals surface area contributed by atoms with Gasteiger partial charge >= 0.3 is 0 Å². The van der Waals surface area contributed by atoms with E-state index in [1.165, 1.54) is 9.80 Å². The van der Waals surface area contributed by atoms with Crippen LogP contribution in [-0.2, 0) is 24.2 Å². The molecule has 0 saturated carbocycles. The molecule has 0 radical (unpaired) electrons. The molecular weight excluding hydrogens is 530 g/mol. The highest BCUT2D eigenvalue weighted by molar-refractivity contribution is 8.26. The lowest BCUT2D eigenvalue weighted by molar-refractivity contribution is -0.123. The standard InChI is InChI=1S/C23H18ClN3O5S3/c24-13-4-3-5-14(10-13)25-18(28)11-26-17-7-2-1-6-16(17)19(21(26)29)20-22(30)27(23(33)34-20)15-8-9-35(31,32)12-15/h1-7,10,15H,8-9,11-12H2,(H,25,28)/b20-19+. The molecule has 12 heteroatoms. The van der Waals surface area contributed by atoms with E-state index in [0.29, 0.717) is 28.4 Å². The normalized spacial score (nSPS) is 23.2. The number of hydrogen-bond donors (Lipinski definition) is 1. The minimum Gasteiger partial charge on any atom is -0.324 e. The van der Waals surface area contributed by atoms with E-state index in [1.54, 1.807) is 48.5 Å². The summed E-state index contributed by atoms with van der Waals surface area (Å²) in [5, 5.41) is 3.18. The summed E-state index contributed by atoms with van der Waals surface area (Å²) in [5.74, 6) is -1.56. The van der Waals surface area contributed by atoms with E-state index >= 15 is 0 Å². The monoisotopic (exact) mass is 547 g/mol. The maximum Gasteiger partial charge on any atom is 0.267 e. The topological polar surface area (TPSA) is 104 Å². The van der Waals surface area contributed by atoms with Gasteiger partial charge in [-0.1, -0.05) is 59.8 Å². The van der Waals surface area contributed by atoms with Crippen molar-refractivity contribution in [1.29, 1.82) is 0 Å². The molecule has 35 heavy (non-hydrogen) atoms. The van der Waals surface area contributed by atoms with E-state index in [0.717, 1.165) is 11.8 Å². The molecular formula is C23H18ClN3O5S3. The second-order valence-corrected chi connectivity index (χ2v) is 12.6. The van der Waals surface area contributed by atoms with Crippen LogP contribution >= 0.6 is 35.6 Å². The van der Waals surface area contributed by atoms with Crippen LogP contribution in [0.3, 0.4) is 0 Å². The lowest BCUT2D eigenvalue weighted by Gasteiger charge is -2.21. The lowest BCUT2D eigenvalue weighted by atomic mass is 10.1. The van der Waals surface area contributed by atoms with Gasteiger partial charge in [-0.2, -0.15) is 0 Å². The molecule has 1 unspecified atom stereocenters. The number of amides is 3. The number of nitrogens with zero attached hydrogens (tertiary/aromatic N) is 2. The average Bonchev–Trinajstić information content (AvgIpc) is 3.39. The Balaban J connectivity index is 1.45. The second-order valence-electron chi connectivity index (χ2n) is 8.27.